The number of aromatic nitrogens is 4. The predicted octanol–water partition coefficient (Wildman–Crippen LogP) is 1.82. The van der Waals surface area contributed by atoms with E-state index in [2.05, 4.69) is 39.4 Å². The van der Waals surface area contributed by atoms with Gasteiger partial charge in [-0.15, -0.1) is 15.3 Å². The molecule has 2 aromatic heterocycles. The molecule has 3 heterocycles. The highest BCUT2D eigenvalue weighted by Gasteiger charge is 2.38. The van der Waals surface area contributed by atoms with Crippen LogP contribution in [0.3, 0.4) is 0 Å². The van der Waals surface area contributed by atoms with E-state index >= 15 is 0 Å². The Hall–Kier alpha value is -2.43. The Morgan fingerprint density at radius 2 is 1.90 bits per heavy atom. The highest BCUT2D eigenvalue weighted by atomic mass is 19.4. The monoisotopic (exact) mass is 413 g/mol. The number of amides is 1. The lowest BCUT2D eigenvalue weighted by Gasteiger charge is -2.32. The van der Waals surface area contributed by atoms with Gasteiger partial charge in [-0.2, -0.15) is 17.7 Å². The second kappa shape index (κ2) is 8.93. The van der Waals surface area contributed by atoms with E-state index in [4.69, 9.17) is 0 Å². The fourth-order valence-corrected chi connectivity index (χ4v) is 3.52. The maximum Gasteiger partial charge on any atom is 0.453 e. The third kappa shape index (κ3) is 4.95. The summed E-state index contributed by atoms with van der Waals surface area (Å²) < 4.78 is 39.8. The van der Waals surface area contributed by atoms with Crippen molar-refractivity contribution < 1.29 is 18.0 Å². The fraction of sp³-hybridized carbons (Fsp3) is 0.667. The van der Waals surface area contributed by atoms with Crippen molar-refractivity contribution in [3.63, 3.8) is 0 Å². The molecular weight excluding hydrogens is 387 g/mol. The van der Waals surface area contributed by atoms with Crippen molar-refractivity contribution in [3.05, 3.63) is 18.0 Å². The molecule has 0 spiro atoms. The topological polar surface area (TPSA) is 78.7 Å². The lowest BCUT2D eigenvalue weighted by atomic mass is 9.96. The minimum Gasteiger partial charge on any atom is -0.355 e. The minimum atomic E-state index is -4.62. The second-order valence-electron chi connectivity index (χ2n) is 7.06. The molecule has 3 rings (SSSR count). The Kier molecular flexibility index (Phi) is 6.56. The molecule has 1 N–H and O–H groups in total. The van der Waals surface area contributed by atoms with E-state index < -0.39 is 12.0 Å². The average molecular weight is 413 g/mol. The minimum absolute atomic E-state index is 0.0402. The highest BCUT2D eigenvalue weighted by molar-refractivity contribution is 5.79. The van der Waals surface area contributed by atoms with Crippen LogP contribution in [0, 0.1) is 5.92 Å². The van der Waals surface area contributed by atoms with Gasteiger partial charge in [0.25, 0.3) is 5.82 Å². The number of anilines is 1. The molecule has 0 bridgehead atoms. The zero-order chi connectivity index (χ0) is 21.0. The molecule has 0 saturated carbocycles. The summed E-state index contributed by atoms with van der Waals surface area (Å²) in [6.07, 6.45) is -3.36. The van der Waals surface area contributed by atoms with Crippen LogP contribution >= 0.6 is 0 Å². The van der Waals surface area contributed by atoms with Crippen molar-refractivity contribution in [2.75, 3.05) is 44.2 Å². The maximum atomic E-state index is 13.0. The Morgan fingerprint density at radius 3 is 2.52 bits per heavy atom. The Balaban J connectivity index is 1.57. The van der Waals surface area contributed by atoms with Crippen molar-refractivity contribution in [3.8, 4) is 0 Å². The van der Waals surface area contributed by atoms with Crippen molar-refractivity contribution in [2.24, 2.45) is 5.92 Å². The van der Waals surface area contributed by atoms with Gasteiger partial charge < -0.3 is 15.1 Å². The molecular formula is C18H26F3N7O. The summed E-state index contributed by atoms with van der Waals surface area (Å²) in [5.74, 6) is -0.772. The van der Waals surface area contributed by atoms with Crippen LogP contribution in [0.25, 0.3) is 5.65 Å². The average Bonchev–Trinajstić information content (AvgIpc) is 3.15. The van der Waals surface area contributed by atoms with E-state index in [1.807, 2.05) is 4.90 Å². The third-order valence-corrected chi connectivity index (χ3v) is 5.31. The Labute approximate surface area is 167 Å². The van der Waals surface area contributed by atoms with Gasteiger partial charge in [0.05, 0.1) is 0 Å². The maximum absolute atomic E-state index is 13.0. The summed E-state index contributed by atoms with van der Waals surface area (Å²) in [5.41, 5.74) is 0.0449. The highest BCUT2D eigenvalue weighted by Crippen LogP contribution is 2.28. The van der Waals surface area contributed by atoms with E-state index in [0.717, 1.165) is 24.1 Å². The van der Waals surface area contributed by atoms with Crippen LogP contribution in [0.4, 0.5) is 19.0 Å². The van der Waals surface area contributed by atoms with E-state index in [0.29, 0.717) is 38.3 Å². The van der Waals surface area contributed by atoms with Crippen LogP contribution in [-0.2, 0) is 11.0 Å². The number of fused-ring (bicyclic) bond motifs is 1. The van der Waals surface area contributed by atoms with Gasteiger partial charge >= 0.3 is 6.18 Å². The van der Waals surface area contributed by atoms with Gasteiger partial charge in [0.2, 0.25) is 5.91 Å². The SMILES string of the molecule is CCN(CC)CCNC(=O)C1CCN(c2ccc3nnc(C(F)(F)F)n3n2)CC1. The summed E-state index contributed by atoms with van der Waals surface area (Å²) in [7, 11) is 0. The second-order valence-corrected chi connectivity index (χ2v) is 7.06. The molecule has 0 radical (unpaired) electrons. The Morgan fingerprint density at radius 1 is 1.21 bits per heavy atom. The molecule has 160 valence electrons. The van der Waals surface area contributed by atoms with Crippen molar-refractivity contribution in [1.82, 2.24) is 30.0 Å². The zero-order valence-corrected chi connectivity index (χ0v) is 16.6. The van der Waals surface area contributed by atoms with Crippen LogP contribution < -0.4 is 10.2 Å². The molecule has 29 heavy (non-hydrogen) atoms. The molecule has 2 aromatic rings. The van der Waals surface area contributed by atoms with Gasteiger partial charge in [0.1, 0.15) is 5.82 Å². The standard InChI is InChI=1S/C18H26F3N7O/c1-3-26(4-2)12-9-22-16(29)13-7-10-27(11-8-13)15-6-5-14-23-24-17(18(19,20)21)28(14)25-15/h5-6,13H,3-4,7-12H2,1-2H3,(H,22,29). The predicted molar refractivity (Wildman–Crippen MR) is 102 cm³/mol. The number of carbonyl (C=O) groups excluding carboxylic acids is 1. The van der Waals surface area contributed by atoms with Crippen LogP contribution in [0.5, 0.6) is 0 Å². The number of alkyl halides is 3. The first-order valence-electron chi connectivity index (χ1n) is 9.88. The molecule has 8 nitrogen and oxygen atoms in total. The first-order valence-corrected chi connectivity index (χ1v) is 9.88. The number of nitrogens with one attached hydrogen (secondary N) is 1. The van der Waals surface area contributed by atoms with Gasteiger partial charge in [-0.3, -0.25) is 4.79 Å². The normalized spacial score (nSPS) is 16.0. The van der Waals surface area contributed by atoms with Crippen molar-refractivity contribution in [1.29, 1.82) is 0 Å². The zero-order valence-electron chi connectivity index (χ0n) is 16.6. The van der Waals surface area contributed by atoms with Gasteiger partial charge in [-0.25, -0.2) is 0 Å². The first-order chi connectivity index (χ1) is 13.8. The summed E-state index contributed by atoms with van der Waals surface area (Å²) in [6, 6.07) is 3.10. The third-order valence-electron chi connectivity index (χ3n) is 5.31. The molecule has 1 saturated heterocycles. The number of halogens is 3. The number of piperidine rings is 1. The molecule has 1 aliphatic heterocycles. The molecule has 0 unspecified atom stereocenters. The molecule has 0 aromatic carbocycles. The van der Waals surface area contributed by atoms with Gasteiger partial charge in [0.15, 0.2) is 5.65 Å². The van der Waals surface area contributed by atoms with E-state index in [1.165, 1.54) is 6.07 Å². The fourth-order valence-electron chi connectivity index (χ4n) is 3.52. The van der Waals surface area contributed by atoms with Crippen molar-refractivity contribution >= 4 is 17.4 Å². The lowest BCUT2D eigenvalue weighted by Crippen LogP contribution is -2.43. The van der Waals surface area contributed by atoms with Crippen LogP contribution in [0.2, 0.25) is 0 Å². The van der Waals surface area contributed by atoms with E-state index in [1.54, 1.807) is 6.07 Å². The van der Waals surface area contributed by atoms with Crippen LogP contribution in [0.1, 0.15) is 32.5 Å². The van der Waals surface area contributed by atoms with Crippen molar-refractivity contribution in [2.45, 2.75) is 32.9 Å². The van der Waals surface area contributed by atoms with Gasteiger partial charge in [0, 0.05) is 32.1 Å². The Bertz CT molecular complexity index is 826. The smallest absolute Gasteiger partial charge is 0.355 e. The molecule has 1 fully saturated rings. The summed E-state index contributed by atoms with van der Waals surface area (Å²) in [4.78, 5) is 16.5. The number of rotatable bonds is 7. The summed E-state index contributed by atoms with van der Waals surface area (Å²) >= 11 is 0. The molecule has 0 aliphatic carbocycles. The summed E-state index contributed by atoms with van der Waals surface area (Å²) in [5, 5.41) is 13.8. The van der Waals surface area contributed by atoms with Crippen LogP contribution in [0.15, 0.2) is 12.1 Å². The number of hydrogen-bond acceptors (Lipinski definition) is 6. The largest absolute Gasteiger partial charge is 0.453 e. The first kappa shape index (κ1) is 21.3. The molecule has 11 heteroatoms. The quantitative estimate of drug-likeness (QED) is 0.746. The molecule has 1 aliphatic rings. The molecule has 1 amide bonds. The number of likely N-dealkylation sites (N-methyl/N-ethyl adjacent to an activating group) is 1. The number of nitrogens with zero attached hydrogens (tertiary/aromatic N) is 6. The van der Waals surface area contributed by atoms with Gasteiger partial charge in [-0.05, 0) is 38.1 Å². The number of hydrogen-bond donors (Lipinski definition) is 1. The van der Waals surface area contributed by atoms with E-state index in [-0.39, 0.29) is 17.5 Å². The number of carbonyl (C=O) groups is 1. The van der Waals surface area contributed by atoms with Crippen LogP contribution in [-0.4, -0.2) is 69.9 Å². The van der Waals surface area contributed by atoms with Gasteiger partial charge in [-0.1, -0.05) is 13.8 Å². The summed E-state index contributed by atoms with van der Waals surface area (Å²) in [6.45, 7) is 8.62. The lowest BCUT2D eigenvalue weighted by molar-refractivity contribution is -0.146. The molecule has 0 atom stereocenters. The van der Waals surface area contributed by atoms with E-state index in [9.17, 15) is 18.0 Å².